The van der Waals surface area contributed by atoms with Crippen LogP contribution in [0.3, 0.4) is 0 Å². The Bertz CT molecular complexity index is 1250. The number of alkyl halides is 3. The van der Waals surface area contributed by atoms with Crippen LogP contribution < -0.4 is 20.1 Å². The van der Waals surface area contributed by atoms with Crippen molar-refractivity contribution in [1.82, 2.24) is 10.6 Å². The van der Waals surface area contributed by atoms with E-state index in [1.807, 2.05) is 12.1 Å². The van der Waals surface area contributed by atoms with Gasteiger partial charge in [-0.25, -0.2) is 0 Å². The largest absolute Gasteiger partial charge is 0.573 e. The molecule has 0 saturated heterocycles. The van der Waals surface area contributed by atoms with Gasteiger partial charge in [0.2, 0.25) is 0 Å². The molecule has 0 spiro atoms. The number of ether oxygens (including phenoxy) is 2. The Morgan fingerprint density at radius 1 is 0.921 bits per heavy atom. The summed E-state index contributed by atoms with van der Waals surface area (Å²) in [5.74, 6) is -1.17. The Hall–Kier alpha value is -4.02. The van der Waals surface area contributed by atoms with E-state index >= 15 is 0 Å². The Morgan fingerprint density at radius 2 is 1.55 bits per heavy atom. The molecule has 200 valence electrons. The maximum Gasteiger partial charge on any atom is 0.573 e. The number of aliphatic hydroxyl groups excluding tert-OH is 1. The van der Waals surface area contributed by atoms with E-state index in [-0.39, 0.29) is 24.4 Å². The molecule has 0 unspecified atom stereocenters. The third-order valence-electron chi connectivity index (χ3n) is 5.00. The third-order valence-corrected chi connectivity index (χ3v) is 5.26. The Kier molecular flexibility index (Phi) is 10.1. The van der Waals surface area contributed by atoms with Crippen LogP contribution in [-0.2, 0) is 11.2 Å². The van der Waals surface area contributed by atoms with Gasteiger partial charge in [0.1, 0.15) is 17.2 Å². The van der Waals surface area contributed by atoms with Gasteiger partial charge in [0.05, 0.1) is 13.2 Å². The van der Waals surface area contributed by atoms with Crippen LogP contribution in [0.5, 0.6) is 11.5 Å². The summed E-state index contributed by atoms with van der Waals surface area (Å²) >= 11 is 5.88. The van der Waals surface area contributed by atoms with Gasteiger partial charge in [-0.05, 0) is 65.7 Å². The van der Waals surface area contributed by atoms with Crippen LogP contribution in [0.4, 0.5) is 13.2 Å². The monoisotopic (exact) mass is 548 g/mol. The molecule has 3 aromatic rings. The first-order valence-corrected chi connectivity index (χ1v) is 11.8. The van der Waals surface area contributed by atoms with Crippen molar-refractivity contribution in [2.24, 2.45) is 0 Å². The van der Waals surface area contributed by atoms with E-state index in [2.05, 4.69) is 15.4 Å². The molecule has 0 aliphatic rings. The van der Waals surface area contributed by atoms with Crippen molar-refractivity contribution in [2.45, 2.75) is 12.8 Å². The zero-order valence-electron chi connectivity index (χ0n) is 19.9. The summed E-state index contributed by atoms with van der Waals surface area (Å²) < 4.78 is 46.7. The van der Waals surface area contributed by atoms with Crippen molar-refractivity contribution in [3.63, 3.8) is 0 Å². The lowest BCUT2D eigenvalue weighted by atomic mass is 10.1. The van der Waals surface area contributed by atoms with Crippen LogP contribution in [-0.4, -0.2) is 43.0 Å². The molecule has 0 radical (unpaired) electrons. The van der Waals surface area contributed by atoms with E-state index in [1.54, 1.807) is 24.3 Å². The van der Waals surface area contributed by atoms with Gasteiger partial charge in [-0.15, -0.1) is 13.2 Å². The van der Waals surface area contributed by atoms with Gasteiger partial charge in [0.25, 0.3) is 11.8 Å². The molecule has 0 aliphatic carbocycles. The smallest absolute Gasteiger partial charge is 0.493 e. The first-order valence-electron chi connectivity index (χ1n) is 11.4. The van der Waals surface area contributed by atoms with Gasteiger partial charge in [-0.2, -0.15) is 0 Å². The maximum atomic E-state index is 12.8. The normalized spacial score (nSPS) is 11.6. The number of halogens is 4. The molecule has 38 heavy (non-hydrogen) atoms. The molecule has 0 saturated carbocycles. The zero-order chi connectivity index (χ0) is 27.5. The quantitative estimate of drug-likeness (QED) is 0.301. The fourth-order valence-corrected chi connectivity index (χ4v) is 3.32. The summed E-state index contributed by atoms with van der Waals surface area (Å²) in [7, 11) is 0. The molecule has 0 aromatic heterocycles. The minimum Gasteiger partial charge on any atom is -0.493 e. The van der Waals surface area contributed by atoms with E-state index in [9.17, 15) is 22.8 Å². The summed E-state index contributed by atoms with van der Waals surface area (Å²) in [5, 5.41) is 14.6. The molecular weight excluding hydrogens is 525 g/mol. The number of amides is 2. The number of hydrogen-bond donors (Lipinski definition) is 3. The first-order chi connectivity index (χ1) is 18.1. The number of carbonyl (C=O) groups excluding carboxylic acids is 2. The van der Waals surface area contributed by atoms with E-state index in [0.29, 0.717) is 29.4 Å². The highest BCUT2D eigenvalue weighted by atomic mass is 35.5. The van der Waals surface area contributed by atoms with Crippen LogP contribution in [0, 0.1) is 0 Å². The topological polar surface area (TPSA) is 96.9 Å². The second-order valence-corrected chi connectivity index (χ2v) is 8.29. The van der Waals surface area contributed by atoms with Gasteiger partial charge in [0.15, 0.2) is 0 Å². The highest BCUT2D eigenvalue weighted by Crippen LogP contribution is 2.23. The maximum absolute atomic E-state index is 12.8. The molecule has 0 fully saturated rings. The van der Waals surface area contributed by atoms with Crippen molar-refractivity contribution in [3.8, 4) is 11.5 Å². The van der Waals surface area contributed by atoms with Gasteiger partial charge in [-0.1, -0.05) is 35.9 Å². The fourth-order valence-electron chi connectivity index (χ4n) is 3.19. The van der Waals surface area contributed by atoms with Crippen LogP contribution >= 0.6 is 11.6 Å². The molecule has 0 aliphatic heterocycles. The molecule has 11 heteroatoms. The predicted octanol–water partition coefficient (Wildman–Crippen LogP) is 4.74. The number of rotatable bonds is 11. The van der Waals surface area contributed by atoms with Crippen molar-refractivity contribution in [1.29, 1.82) is 0 Å². The number of hydrogen-bond acceptors (Lipinski definition) is 5. The number of carbonyl (C=O) groups is 2. The summed E-state index contributed by atoms with van der Waals surface area (Å²) in [5.41, 5.74) is 1.46. The van der Waals surface area contributed by atoms with E-state index in [1.165, 1.54) is 30.3 Å². The number of nitrogens with one attached hydrogen (secondary N) is 2. The van der Waals surface area contributed by atoms with Gasteiger partial charge in [-0.3, -0.25) is 9.59 Å². The minimum atomic E-state index is -4.84. The molecule has 0 heterocycles. The van der Waals surface area contributed by atoms with Gasteiger partial charge < -0.3 is 25.2 Å². The number of aliphatic hydroxyl groups is 1. The average molecular weight is 549 g/mol. The molecule has 0 bridgehead atoms. The third kappa shape index (κ3) is 9.45. The van der Waals surface area contributed by atoms with Crippen LogP contribution in [0.25, 0.3) is 6.08 Å². The number of benzene rings is 3. The minimum absolute atomic E-state index is 0.0630. The Labute approximate surface area is 221 Å². The van der Waals surface area contributed by atoms with E-state index < -0.39 is 23.9 Å². The summed E-state index contributed by atoms with van der Waals surface area (Å²) in [6.07, 6.45) is -2.88. The first kappa shape index (κ1) is 28.5. The molecule has 0 atom stereocenters. The molecule has 3 N–H and O–H groups in total. The molecule has 2 amide bonds. The average Bonchev–Trinajstić information content (AvgIpc) is 2.88. The van der Waals surface area contributed by atoms with E-state index in [0.717, 1.165) is 17.7 Å². The zero-order valence-corrected chi connectivity index (χ0v) is 20.7. The lowest BCUT2D eigenvalue weighted by molar-refractivity contribution is -0.274. The van der Waals surface area contributed by atoms with Gasteiger partial charge >= 0.3 is 6.36 Å². The molecular formula is C27H24ClF3N2O5. The highest BCUT2D eigenvalue weighted by Gasteiger charge is 2.31. The van der Waals surface area contributed by atoms with E-state index in [4.69, 9.17) is 21.4 Å². The Morgan fingerprint density at radius 3 is 2.16 bits per heavy atom. The van der Waals surface area contributed by atoms with Crippen molar-refractivity contribution in [3.05, 3.63) is 100 Å². The summed E-state index contributed by atoms with van der Waals surface area (Å²) in [6, 6.07) is 18.5. The molecule has 7 nitrogen and oxygen atoms in total. The predicted molar refractivity (Wildman–Crippen MR) is 136 cm³/mol. The van der Waals surface area contributed by atoms with Crippen molar-refractivity contribution < 1.29 is 37.3 Å². The lowest BCUT2D eigenvalue weighted by Crippen LogP contribution is -2.36. The van der Waals surface area contributed by atoms with Crippen LogP contribution in [0.15, 0.2) is 78.5 Å². The SMILES string of the molecule is O=C(NCCO)C(=Cc1ccc(OC(F)(F)F)cc1)NC(=O)c1ccc(OCCc2ccc(Cl)cc2)cc1. The van der Waals surface area contributed by atoms with Crippen LogP contribution in [0.2, 0.25) is 5.02 Å². The second-order valence-electron chi connectivity index (χ2n) is 7.86. The van der Waals surface area contributed by atoms with Crippen molar-refractivity contribution >= 4 is 29.5 Å². The molecule has 3 rings (SSSR count). The second kappa shape index (κ2) is 13.5. The summed E-state index contributed by atoms with van der Waals surface area (Å²) in [6.45, 7) is 0.0281. The molecule has 3 aromatic carbocycles. The standard InChI is InChI=1S/C27H24ClF3N2O5/c28-21-7-1-18(2-8-21)13-16-37-22-11-5-20(6-12-22)25(35)33-24(26(36)32-14-15-34)17-19-3-9-23(10-4-19)38-27(29,30)31/h1-12,17,34H,13-16H2,(H,32,36)(H,33,35). The fraction of sp³-hybridized carbons (Fsp3) is 0.185. The summed E-state index contributed by atoms with van der Waals surface area (Å²) in [4.78, 5) is 25.3. The highest BCUT2D eigenvalue weighted by molar-refractivity contribution is 6.30. The Balaban J connectivity index is 1.65. The van der Waals surface area contributed by atoms with Gasteiger partial charge in [0, 0.05) is 23.6 Å². The van der Waals surface area contributed by atoms with Crippen molar-refractivity contribution in [2.75, 3.05) is 19.8 Å². The lowest BCUT2D eigenvalue weighted by Gasteiger charge is -2.12. The van der Waals surface area contributed by atoms with Crippen LogP contribution in [0.1, 0.15) is 21.5 Å².